The van der Waals surface area contributed by atoms with E-state index in [4.69, 9.17) is 10.3 Å². The molecular weight excluding hydrogens is 314 g/mol. The molecule has 2 N–H and O–H groups in total. The Kier molecular flexibility index (Phi) is 2.89. The van der Waals surface area contributed by atoms with Crippen LogP contribution in [0.25, 0.3) is 21.8 Å². The standard InChI is InChI=1S/C12H8BrN3OS/c13-9-2-1-8(18-9)11-10(12(14)16-17-11)7-3-5-15-6-4-7/h1-6H,(H2,14,16). The molecule has 0 atom stereocenters. The number of hydrogen-bond acceptors (Lipinski definition) is 5. The van der Waals surface area contributed by atoms with Crippen LogP contribution in [0.15, 0.2) is 45.0 Å². The topological polar surface area (TPSA) is 64.9 Å². The number of aromatic nitrogens is 2. The van der Waals surface area contributed by atoms with Crippen molar-refractivity contribution in [3.05, 3.63) is 40.4 Å². The van der Waals surface area contributed by atoms with Crippen molar-refractivity contribution in [3.8, 4) is 21.8 Å². The van der Waals surface area contributed by atoms with Crippen molar-refractivity contribution in [2.75, 3.05) is 5.73 Å². The van der Waals surface area contributed by atoms with Gasteiger partial charge in [0.25, 0.3) is 0 Å². The molecule has 0 radical (unpaired) electrons. The zero-order valence-electron chi connectivity index (χ0n) is 9.13. The molecule has 0 bridgehead atoms. The number of pyridine rings is 1. The van der Waals surface area contributed by atoms with E-state index in [1.165, 1.54) is 0 Å². The summed E-state index contributed by atoms with van der Waals surface area (Å²) in [7, 11) is 0. The molecule has 0 aliphatic heterocycles. The lowest BCUT2D eigenvalue weighted by molar-refractivity contribution is 0.437. The second kappa shape index (κ2) is 4.55. The van der Waals surface area contributed by atoms with Crippen molar-refractivity contribution in [1.29, 1.82) is 0 Å². The fraction of sp³-hybridized carbons (Fsp3) is 0. The molecule has 0 saturated heterocycles. The predicted molar refractivity (Wildman–Crippen MR) is 75.2 cm³/mol. The normalized spacial score (nSPS) is 10.7. The van der Waals surface area contributed by atoms with Crippen molar-refractivity contribution in [1.82, 2.24) is 10.1 Å². The third kappa shape index (κ3) is 1.93. The molecule has 0 saturated carbocycles. The van der Waals surface area contributed by atoms with Gasteiger partial charge in [-0.1, -0.05) is 5.16 Å². The minimum absolute atomic E-state index is 0.390. The minimum atomic E-state index is 0.390. The molecule has 0 fully saturated rings. The highest BCUT2D eigenvalue weighted by molar-refractivity contribution is 9.11. The van der Waals surface area contributed by atoms with E-state index in [0.717, 1.165) is 19.8 Å². The first-order valence-corrected chi connectivity index (χ1v) is 6.78. The molecule has 90 valence electrons. The number of hydrogen-bond donors (Lipinski definition) is 1. The third-order valence-electron chi connectivity index (χ3n) is 2.48. The summed E-state index contributed by atoms with van der Waals surface area (Å²) in [5.41, 5.74) is 7.64. The summed E-state index contributed by atoms with van der Waals surface area (Å²) in [6.45, 7) is 0. The monoisotopic (exact) mass is 321 g/mol. The van der Waals surface area contributed by atoms with Gasteiger partial charge in [-0.3, -0.25) is 4.98 Å². The van der Waals surface area contributed by atoms with Gasteiger partial charge in [-0.25, -0.2) is 0 Å². The van der Waals surface area contributed by atoms with Crippen LogP contribution in [-0.4, -0.2) is 10.1 Å². The maximum absolute atomic E-state index is 5.89. The predicted octanol–water partition coefficient (Wildman–Crippen LogP) is 3.81. The Bertz CT molecular complexity index is 678. The zero-order valence-corrected chi connectivity index (χ0v) is 11.5. The quantitative estimate of drug-likeness (QED) is 0.779. The van der Waals surface area contributed by atoms with Gasteiger partial charge in [0.15, 0.2) is 11.6 Å². The molecule has 3 heterocycles. The van der Waals surface area contributed by atoms with E-state index in [0.29, 0.717) is 11.6 Å². The van der Waals surface area contributed by atoms with Gasteiger partial charge >= 0.3 is 0 Å². The number of nitrogens with two attached hydrogens (primary N) is 1. The Labute approximate surface area is 116 Å². The van der Waals surface area contributed by atoms with Crippen LogP contribution < -0.4 is 5.73 Å². The molecule has 0 aromatic carbocycles. The van der Waals surface area contributed by atoms with Gasteiger partial charge < -0.3 is 10.3 Å². The molecule has 0 aliphatic rings. The van der Waals surface area contributed by atoms with Crippen LogP contribution in [0.4, 0.5) is 5.82 Å². The average Bonchev–Trinajstić information content (AvgIpc) is 2.96. The lowest BCUT2D eigenvalue weighted by Gasteiger charge is -1.99. The van der Waals surface area contributed by atoms with E-state index < -0.39 is 0 Å². The van der Waals surface area contributed by atoms with E-state index in [2.05, 4.69) is 26.1 Å². The first kappa shape index (κ1) is 11.4. The molecule has 3 aromatic rings. The maximum Gasteiger partial charge on any atom is 0.186 e. The van der Waals surface area contributed by atoms with Crippen molar-refractivity contribution in [3.63, 3.8) is 0 Å². The van der Waals surface area contributed by atoms with Crippen LogP contribution in [0.3, 0.4) is 0 Å². The number of halogens is 1. The third-order valence-corrected chi connectivity index (χ3v) is 4.11. The molecule has 18 heavy (non-hydrogen) atoms. The summed E-state index contributed by atoms with van der Waals surface area (Å²) < 4.78 is 6.38. The van der Waals surface area contributed by atoms with E-state index in [1.54, 1.807) is 23.7 Å². The highest BCUT2D eigenvalue weighted by atomic mass is 79.9. The van der Waals surface area contributed by atoms with Gasteiger partial charge in [-0.2, -0.15) is 0 Å². The van der Waals surface area contributed by atoms with Gasteiger partial charge in [0, 0.05) is 12.4 Å². The number of rotatable bonds is 2. The minimum Gasteiger partial charge on any atom is -0.380 e. The van der Waals surface area contributed by atoms with Crippen molar-refractivity contribution < 1.29 is 4.52 Å². The van der Waals surface area contributed by atoms with Gasteiger partial charge in [0.1, 0.15) is 0 Å². The van der Waals surface area contributed by atoms with Crippen LogP contribution in [0.2, 0.25) is 0 Å². The van der Waals surface area contributed by atoms with Crippen LogP contribution in [0.1, 0.15) is 0 Å². The van der Waals surface area contributed by atoms with E-state index in [-0.39, 0.29) is 0 Å². The average molecular weight is 322 g/mol. The van der Waals surface area contributed by atoms with E-state index in [9.17, 15) is 0 Å². The largest absolute Gasteiger partial charge is 0.380 e. The summed E-state index contributed by atoms with van der Waals surface area (Å²) in [6, 6.07) is 7.71. The summed E-state index contributed by atoms with van der Waals surface area (Å²) >= 11 is 5.01. The Morgan fingerprint density at radius 2 is 1.94 bits per heavy atom. The van der Waals surface area contributed by atoms with Gasteiger partial charge in [0.2, 0.25) is 0 Å². The highest BCUT2D eigenvalue weighted by Crippen LogP contribution is 2.40. The molecule has 4 nitrogen and oxygen atoms in total. The Morgan fingerprint density at radius 1 is 1.17 bits per heavy atom. The molecule has 3 aromatic heterocycles. The van der Waals surface area contributed by atoms with E-state index in [1.807, 2.05) is 24.3 Å². The Balaban J connectivity index is 2.18. The lowest BCUT2D eigenvalue weighted by atomic mass is 10.1. The number of anilines is 1. The zero-order chi connectivity index (χ0) is 12.5. The van der Waals surface area contributed by atoms with Crippen molar-refractivity contribution in [2.45, 2.75) is 0 Å². The molecule has 0 aliphatic carbocycles. The molecule has 6 heteroatoms. The SMILES string of the molecule is Nc1noc(-c2ccc(Br)s2)c1-c1ccncc1. The summed E-state index contributed by atoms with van der Waals surface area (Å²) in [6.07, 6.45) is 3.44. The Hall–Kier alpha value is -1.66. The lowest BCUT2D eigenvalue weighted by Crippen LogP contribution is -1.88. The van der Waals surface area contributed by atoms with Gasteiger partial charge in [0.05, 0.1) is 14.2 Å². The van der Waals surface area contributed by atoms with Crippen LogP contribution in [0, 0.1) is 0 Å². The second-order valence-corrected chi connectivity index (χ2v) is 6.07. The molecule has 0 spiro atoms. The maximum atomic E-state index is 5.89. The van der Waals surface area contributed by atoms with Crippen LogP contribution in [0.5, 0.6) is 0 Å². The van der Waals surface area contributed by atoms with Gasteiger partial charge in [-0.05, 0) is 45.8 Å². The molecule has 0 unspecified atom stereocenters. The number of thiophene rings is 1. The molecule has 0 amide bonds. The highest BCUT2D eigenvalue weighted by Gasteiger charge is 2.18. The smallest absolute Gasteiger partial charge is 0.186 e. The number of nitrogens with zero attached hydrogens (tertiary/aromatic N) is 2. The summed E-state index contributed by atoms with van der Waals surface area (Å²) in [4.78, 5) is 4.98. The second-order valence-electron chi connectivity index (χ2n) is 3.61. The van der Waals surface area contributed by atoms with Crippen molar-refractivity contribution in [2.24, 2.45) is 0 Å². The molecule has 3 rings (SSSR count). The Morgan fingerprint density at radius 3 is 2.61 bits per heavy atom. The van der Waals surface area contributed by atoms with Crippen LogP contribution >= 0.6 is 27.3 Å². The summed E-state index contributed by atoms with van der Waals surface area (Å²) in [5.74, 6) is 1.08. The number of nitrogen functional groups attached to an aromatic ring is 1. The fourth-order valence-electron chi connectivity index (χ4n) is 1.70. The van der Waals surface area contributed by atoms with Crippen LogP contribution in [-0.2, 0) is 0 Å². The first-order valence-electron chi connectivity index (χ1n) is 5.17. The molecular formula is C12H8BrN3OS. The van der Waals surface area contributed by atoms with E-state index >= 15 is 0 Å². The summed E-state index contributed by atoms with van der Waals surface area (Å²) in [5, 5.41) is 3.85. The fourth-order valence-corrected chi connectivity index (χ4v) is 3.07. The first-order chi connectivity index (χ1) is 8.75. The van der Waals surface area contributed by atoms with Crippen molar-refractivity contribution >= 4 is 33.1 Å². The van der Waals surface area contributed by atoms with Gasteiger partial charge in [-0.15, -0.1) is 11.3 Å².